The molecule has 174 valence electrons. The lowest BCUT2D eigenvalue weighted by atomic mass is 10.1. The van der Waals surface area contributed by atoms with E-state index < -0.39 is 0 Å². The minimum atomic E-state index is 0.451. The van der Waals surface area contributed by atoms with Crippen LogP contribution in [-0.4, -0.2) is 41.1 Å². The van der Waals surface area contributed by atoms with Crippen LogP contribution in [0.2, 0.25) is 0 Å². The number of hydrogen-bond donors (Lipinski definition) is 2. The van der Waals surface area contributed by atoms with Gasteiger partial charge >= 0.3 is 0 Å². The van der Waals surface area contributed by atoms with Crippen molar-refractivity contribution in [3.05, 3.63) is 83.3 Å². The molecule has 0 radical (unpaired) electrons. The van der Waals surface area contributed by atoms with Gasteiger partial charge in [0.05, 0.1) is 16.8 Å². The van der Waals surface area contributed by atoms with Crippen LogP contribution in [0.5, 0.6) is 5.75 Å². The predicted octanol–water partition coefficient (Wildman–Crippen LogP) is 5.36. The molecule has 1 aliphatic rings. The van der Waals surface area contributed by atoms with E-state index in [9.17, 15) is 5.26 Å². The fraction of sp³-hybridized carbons (Fsp3) is 0.241. The molecule has 35 heavy (non-hydrogen) atoms. The second-order valence-electron chi connectivity index (χ2n) is 8.70. The monoisotopic (exact) mass is 461 g/mol. The number of H-pyrrole nitrogens is 1. The maximum absolute atomic E-state index is 9.68. The number of nitriles is 1. The Bertz CT molecular complexity index is 1430. The van der Waals surface area contributed by atoms with Gasteiger partial charge in [-0.1, -0.05) is 11.8 Å². The number of benzene rings is 2. The number of anilines is 2. The number of likely N-dealkylation sites (tertiary alicyclic amines) is 1. The van der Waals surface area contributed by atoms with Gasteiger partial charge in [-0.05, 0) is 80.9 Å². The molecule has 4 aromatic rings. The summed E-state index contributed by atoms with van der Waals surface area (Å²) in [5, 5.41) is 14.3. The van der Waals surface area contributed by atoms with Crippen LogP contribution in [0.3, 0.4) is 0 Å². The second-order valence-corrected chi connectivity index (χ2v) is 8.70. The topological polar surface area (TPSA) is 77.0 Å². The standard InChI is InChI=1S/C29H27N5O/c1-21-26-12-13-32-28(26)11-10-27(21)33-29-23(19-31-20-24(29)18-30)7-4-22-5-8-25(9-6-22)35-17-16-34-14-2-3-15-34/h5-6,8-13,19-20,32H,2-3,14-17H2,1H3,(H,31,33). The van der Waals surface area contributed by atoms with E-state index in [0.717, 1.165) is 40.0 Å². The number of ether oxygens (including phenoxy) is 1. The molecule has 0 bridgehead atoms. The molecule has 1 aliphatic heterocycles. The highest BCUT2D eigenvalue weighted by molar-refractivity contribution is 5.89. The van der Waals surface area contributed by atoms with Crippen LogP contribution in [0.15, 0.2) is 61.1 Å². The van der Waals surface area contributed by atoms with Crippen LogP contribution in [0.4, 0.5) is 11.4 Å². The maximum atomic E-state index is 9.68. The SMILES string of the molecule is Cc1c(Nc2c(C#N)cncc2C#Cc2ccc(OCCN3CCCC3)cc2)ccc2[nH]ccc12. The Kier molecular flexibility index (Phi) is 6.66. The van der Waals surface area contributed by atoms with Gasteiger partial charge in [0.25, 0.3) is 0 Å². The van der Waals surface area contributed by atoms with E-state index in [-0.39, 0.29) is 0 Å². The third-order valence-electron chi connectivity index (χ3n) is 6.40. The Labute approximate surface area is 205 Å². The van der Waals surface area contributed by atoms with Gasteiger partial charge in [-0.2, -0.15) is 5.26 Å². The van der Waals surface area contributed by atoms with Crippen molar-refractivity contribution < 1.29 is 4.74 Å². The smallest absolute Gasteiger partial charge is 0.119 e. The fourth-order valence-corrected chi connectivity index (χ4v) is 4.40. The number of fused-ring (bicyclic) bond motifs is 1. The van der Waals surface area contributed by atoms with E-state index in [1.807, 2.05) is 48.7 Å². The van der Waals surface area contributed by atoms with Crippen molar-refractivity contribution in [3.8, 4) is 23.7 Å². The molecule has 0 spiro atoms. The van der Waals surface area contributed by atoms with Gasteiger partial charge in [-0.25, -0.2) is 0 Å². The van der Waals surface area contributed by atoms with Gasteiger partial charge in [0.15, 0.2) is 0 Å². The first-order chi connectivity index (χ1) is 17.2. The first-order valence-electron chi connectivity index (χ1n) is 11.9. The maximum Gasteiger partial charge on any atom is 0.119 e. The van der Waals surface area contributed by atoms with Crippen LogP contribution in [0.1, 0.15) is 35.1 Å². The molecule has 6 heteroatoms. The van der Waals surface area contributed by atoms with E-state index >= 15 is 0 Å². The Morgan fingerprint density at radius 3 is 2.63 bits per heavy atom. The summed E-state index contributed by atoms with van der Waals surface area (Å²) >= 11 is 0. The van der Waals surface area contributed by atoms with Crippen LogP contribution in [0, 0.1) is 30.1 Å². The van der Waals surface area contributed by atoms with Crippen LogP contribution >= 0.6 is 0 Å². The number of hydrogen-bond acceptors (Lipinski definition) is 5. The molecule has 1 fully saturated rings. The minimum Gasteiger partial charge on any atom is -0.492 e. The molecular formula is C29H27N5O. The molecule has 5 rings (SSSR count). The summed E-state index contributed by atoms with van der Waals surface area (Å²) in [6.45, 7) is 6.08. The highest BCUT2D eigenvalue weighted by atomic mass is 16.5. The van der Waals surface area contributed by atoms with Gasteiger partial charge in [0.1, 0.15) is 18.4 Å². The van der Waals surface area contributed by atoms with Gasteiger partial charge in [-0.3, -0.25) is 9.88 Å². The summed E-state index contributed by atoms with van der Waals surface area (Å²) < 4.78 is 5.89. The van der Waals surface area contributed by atoms with Gasteiger partial charge in [0, 0.05) is 47.3 Å². The summed E-state index contributed by atoms with van der Waals surface area (Å²) in [6, 6.07) is 16.1. The molecule has 0 aliphatic carbocycles. The lowest BCUT2D eigenvalue weighted by molar-refractivity contribution is 0.238. The van der Waals surface area contributed by atoms with Gasteiger partial charge < -0.3 is 15.0 Å². The molecule has 0 unspecified atom stereocenters. The van der Waals surface area contributed by atoms with E-state index in [0.29, 0.717) is 23.4 Å². The lowest BCUT2D eigenvalue weighted by Crippen LogP contribution is -2.25. The van der Waals surface area contributed by atoms with Gasteiger partial charge in [0.2, 0.25) is 0 Å². The molecule has 0 saturated carbocycles. The first-order valence-corrected chi connectivity index (χ1v) is 11.9. The zero-order valence-electron chi connectivity index (χ0n) is 19.8. The molecule has 3 heterocycles. The predicted molar refractivity (Wildman–Crippen MR) is 139 cm³/mol. The van der Waals surface area contributed by atoms with Gasteiger partial charge in [-0.15, -0.1) is 0 Å². The quantitative estimate of drug-likeness (QED) is 0.378. The molecule has 0 atom stereocenters. The first kappa shape index (κ1) is 22.5. The summed E-state index contributed by atoms with van der Waals surface area (Å²) in [5.74, 6) is 7.24. The molecule has 2 aromatic heterocycles. The molecule has 0 amide bonds. The number of aromatic nitrogens is 2. The number of aromatic amines is 1. The largest absolute Gasteiger partial charge is 0.492 e. The Morgan fingerprint density at radius 1 is 1.03 bits per heavy atom. The third-order valence-corrected chi connectivity index (χ3v) is 6.40. The van der Waals surface area contributed by atoms with Crippen molar-refractivity contribution in [2.45, 2.75) is 19.8 Å². The van der Waals surface area contributed by atoms with E-state index in [4.69, 9.17) is 4.74 Å². The minimum absolute atomic E-state index is 0.451. The van der Waals surface area contributed by atoms with E-state index in [1.165, 1.54) is 25.9 Å². The van der Waals surface area contributed by atoms with Crippen LogP contribution < -0.4 is 10.1 Å². The molecule has 2 aromatic carbocycles. The summed E-state index contributed by atoms with van der Waals surface area (Å²) in [4.78, 5) is 9.89. The highest BCUT2D eigenvalue weighted by Crippen LogP contribution is 2.30. The van der Waals surface area contributed by atoms with Crippen LogP contribution in [-0.2, 0) is 0 Å². The number of rotatable bonds is 6. The number of nitrogens with zero attached hydrogens (tertiary/aromatic N) is 3. The van der Waals surface area contributed by atoms with Crippen molar-refractivity contribution in [3.63, 3.8) is 0 Å². The van der Waals surface area contributed by atoms with Crippen molar-refractivity contribution in [1.82, 2.24) is 14.9 Å². The fourth-order valence-electron chi connectivity index (χ4n) is 4.40. The second kappa shape index (κ2) is 10.3. The zero-order chi connectivity index (χ0) is 24.0. The lowest BCUT2D eigenvalue weighted by Gasteiger charge is -2.14. The average molecular weight is 462 g/mol. The molecular weight excluding hydrogens is 434 g/mol. The zero-order valence-corrected chi connectivity index (χ0v) is 19.8. The highest BCUT2D eigenvalue weighted by Gasteiger charge is 2.12. The number of nitrogens with one attached hydrogen (secondary N) is 2. The average Bonchev–Trinajstić information content (AvgIpc) is 3.58. The van der Waals surface area contributed by atoms with Crippen molar-refractivity contribution in [1.29, 1.82) is 5.26 Å². The van der Waals surface area contributed by atoms with Crippen LogP contribution in [0.25, 0.3) is 10.9 Å². The van der Waals surface area contributed by atoms with Crippen molar-refractivity contribution in [2.75, 3.05) is 31.6 Å². The molecule has 1 saturated heterocycles. The Hall–Kier alpha value is -4.26. The number of aryl methyl sites for hydroxylation is 1. The third kappa shape index (κ3) is 5.14. The molecule has 6 nitrogen and oxygen atoms in total. The number of pyridine rings is 1. The van der Waals surface area contributed by atoms with E-state index in [2.05, 4.69) is 45.0 Å². The Morgan fingerprint density at radius 2 is 1.83 bits per heavy atom. The van der Waals surface area contributed by atoms with Crippen molar-refractivity contribution in [2.24, 2.45) is 0 Å². The summed E-state index contributed by atoms with van der Waals surface area (Å²) in [7, 11) is 0. The summed E-state index contributed by atoms with van der Waals surface area (Å²) in [5.41, 5.74) is 5.76. The molecule has 2 N–H and O–H groups in total. The normalized spacial score (nSPS) is 13.3. The van der Waals surface area contributed by atoms with E-state index in [1.54, 1.807) is 12.4 Å². The summed E-state index contributed by atoms with van der Waals surface area (Å²) in [6.07, 6.45) is 7.76. The Balaban J connectivity index is 1.33. The van der Waals surface area contributed by atoms with Crippen molar-refractivity contribution >= 4 is 22.3 Å².